The molecule has 0 bridgehead atoms. The predicted octanol–water partition coefficient (Wildman–Crippen LogP) is 6.37. The van der Waals surface area contributed by atoms with Crippen molar-refractivity contribution in [3.05, 3.63) is 81.7 Å². The number of allylic oxidation sites excluding steroid dienone is 7. The maximum atomic E-state index is 13.7. The van der Waals surface area contributed by atoms with E-state index >= 15 is 0 Å². The molecular weight excluding hydrogens is 668 g/mol. The molecule has 12 nitrogen and oxygen atoms in total. The van der Waals surface area contributed by atoms with Crippen LogP contribution in [-0.4, -0.2) is 89.8 Å². The lowest BCUT2D eigenvalue weighted by Gasteiger charge is -2.34. The van der Waals surface area contributed by atoms with Crippen LogP contribution in [0.2, 0.25) is 0 Å². The summed E-state index contributed by atoms with van der Waals surface area (Å²) in [6, 6.07) is -0.981. The number of hydrogen-bond acceptors (Lipinski definition) is 11. The third-order valence-electron chi connectivity index (χ3n) is 9.92. The summed E-state index contributed by atoms with van der Waals surface area (Å²) >= 11 is 0. The first-order valence-electron chi connectivity index (χ1n) is 18.1. The molecule has 0 fully saturated rings. The monoisotopic (exact) mass is 732 g/mol. The molecule has 0 aliphatic carbocycles. The zero-order valence-corrected chi connectivity index (χ0v) is 33.1. The van der Waals surface area contributed by atoms with Crippen LogP contribution in [0.25, 0.3) is 0 Å². The van der Waals surface area contributed by atoms with Gasteiger partial charge in [0.15, 0.2) is 0 Å². The topological polar surface area (TPSA) is 170 Å². The Kier molecular flexibility index (Phi) is 20.7. The summed E-state index contributed by atoms with van der Waals surface area (Å²) in [5.74, 6) is -3.93. The Balaban J connectivity index is 3.76. The molecule has 0 amide bonds. The number of aliphatic hydroxyl groups is 3. The Morgan fingerprint density at radius 2 is 1.81 bits per heavy atom. The van der Waals surface area contributed by atoms with Crippen LogP contribution in [0.3, 0.4) is 0 Å². The number of nitro groups is 1. The smallest absolute Gasteiger partial charge is 0.373 e. The number of carbonyl (C=O) groups excluding carboxylic acids is 1. The molecule has 0 aromatic carbocycles. The van der Waals surface area contributed by atoms with E-state index in [4.69, 9.17) is 19.0 Å². The van der Waals surface area contributed by atoms with Crippen molar-refractivity contribution in [3.63, 3.8) is 0 Å². The normalized spacial score (nSPS) is 32.8. The molecule has 52 heavy (non-hydrogen) atoms. The maximum Gasteiger partial charge on any atom is 0.373 e. The van der Waals surface area contributed by atoms with E-state index < -0.39 is 66.2 Å². The van der Waals surface area contributed by atoms with Gasteiger partial charge in [-0.1, -0.05) is 100 Å². The molecule has 12 unspecified atom stereocenters. The minimum atomic E-state index is -1.11. The number of methoxy groups -OCH3 is 2. The van der Waals surface area contributed by atoms with E-state index in [1.807, 2.05) is 40.7 Å². The van der Waals surface area contributed by atoms with Crippen molar-refractivity contribution in [1.29, 1.82) is 0 Å². The number of cyclic esters (lactones) is 1. The zero-order valence-electron chi connectivity index (χ0n) is 33.1. The first-order valence-corrected chi connectivity index (χ1v) is 18.1. The van der Waals surface area contributed by atoms with E-state index in [1.165, 1.54) is 27.4 Å². The van der Waals surface area contributed by atoms with Crippen LogP contribution in [0.15, 0.2) is 76.7 Å². The molecule has 1 aliphatic rings. The van der Waals surface area contributed by atoms with Crippen LogP contribution < -0.4 is 0 Å². The number of nitrogens with zero attached hydrogens (tertiary/aromatic N) is 2. The fourth-order valence-corrected chi connectivity index (χ4v) is 6.77. The summed E-state index contributed by atoms with van der Waals surface area (Å²) in [7, 11) is 4.21. The molecule has 0 saturated carbocycles. The van der Waals surface area contributed by atoms with Crippen molar-refractivity contribution in [2.75, 3.05) is 21.3 Å². The molecule has 12 atom stereocenters. The molecule has 0 radical (unpaired) electrons. The minimum Gasteiger partial charge on any atom is -0.490 e. The van der Waals surface area contributed by atoms with E-state index in [0.717, 1.165) is 5.57 Å². The van der Waals surface area contributed by atoms with Gasteiger partial charge in [0, 0.05) is 41.6 Å². The van der Waals surface area contributed by atoms with Gasteiger partial charge in [0.05, 0.1) is 37.1 Å². The molecular formula is C40H64N2O10. The summed E-state index contributed by atoms with van der Waals surface area (Å²) in [6.07, 6.45) is 11.6. The molecule has 0 aromatic heterocycles. The average molecular weight is 733 g/mol. The van der Waals surface area contributed by atoms with Crippen molar-refractivity contribution in [1.82, 2.24) is 0 Å². The van der Waals surface area contributed by atoms with E-state index in [2.05, 4.69) is 5.16 Å². The lowest BCUT2D eigenvalue weighted by Crippen LogP contribution is -2.45. The maximum absolute atomic E-state index is 13.7. The Hall–Kier alpha value is -3.58. The van der Waals surface area contributed by atoms with Crippen LogP contribution in [0, 0.1) is 45.6 Å². The first-order chi connectivity index (χ1) is 24.5. The second-order valence-corrected chi connectivity index (χ2v) is 14.0. The predicted molar refractivity (Wildman–Crippen MR) is 204 cm³/mol. The highest BCUT2D eigenvalue weighted by Crippen LogP contribution is 2.31. The second kappa shape index (κ2) is 23.2. The summed E-state index contributed by atoms with van der Waals surface area (Å²) in [4.78, 5) is 30.9. The van der Waals surface area contributed by atoms with Crippen LogP contribution >= 0.6 is 0 Å². The first kappa shape index (κ1) is 46.4. The van der Waals surface area contributed by atoms with Gasteiger partial charge in [-0.3, -0.25) is 10.1 Å². The minimum absolute atomic E-state index is 0.118. The summed E-state index contributed by atoms with van der Waals surface area (Å²) in [5, 5.41) is 50.0. The highest BCUT2D eigenvalue weighted by Gasteiger charge is 2.41. The van der Waals surface area contributed by atoms with Gasteiger partial charge in [-0.15, -0.1) is 0 Å². The Morgan fingerprint density at radius 3 is 2.35 bits per heavy atom. The number of carbonyl (C=O) groups is 1. The van der Waals surface area contributed by atoms with E-state index in [-0.39, 0.29) is 22.5 Å². The van der Waals surface area contributed by atoms with Crippen LogP contribution in [0.5, 0.6) is 0 Å². The molecule has 1 heterocycles. The number of aliphatic hydroxyl groups excluding tert-OH is 3. The molecule has 0 aromatic rings. The van der Waals surface area contributed by atoms with Crippen molar-refractivity contribution < 1.29 is 44.1 Å². The SMILES string of the molecule is C/C=C/C(O)C(C)/C=C/C(=N\OC)C(C)C(O)C(C)C1OC(=O)/C(OC)=C/C(C)=C/C(C)C(O)C(CC)C([N+](=O)[O-])C(C)C/C(C)=C/C=C/C1OC. The fraction of sp³-hybridized carbons (Fsp3) is 0.650. The largest absolute Gasteiger partial charge is 0.490 e. The van der Waals surface area contributed by atoms with Gasteiger partial charge in [0.25, 0.3) is 0 Å². The highest BCUT2D eigenvalue weighted by molar-refractivity contribution is 5.96. The average Bonchev–Trinajstić information content (AvgIpc) is 3.09. The van der Waals surface area contributed by atoms with Gasteiger partial charge in [0.1, 0.15) is 19.3 Å². The second-order valence-electron chi connectivity index (χ2n) is 14.0. The number of esters is 1. The van der Waals surface area contributed by atoms with E-state index in [1.54, 1.807) is 70.2 Å². The van der Waals surface area contributed by atoms with Gasteiger partial charge in [-0.2, -0.15) is 0 Å². The Labute approximate surface area is 310 Å². The quantitative estimate of drug-likeness (QED) is 0.0636. The van der Waals surface area contributed by atoms with E-state index in [0.29, 0.717) is 24.1 Å². The van der Waals surface area contributed by atoms with Crippen molar-refractivity contribution in [2.24, 2.45) is 40.7 Å². The van der Waals surface area contributed by atoms with Crippen LogP contribution in [0.1, 0.15) is 75.2 Å². The molecule has 1 rings (SSSR count). The highest BCUT2D eigenvalue weighted by atomic mass is 16.6. The Morgan fingerprint density at radius 1 is 1.15 bits per heavy atom. The van der Waals surface area contributed by atoms with E-state index in [9.17, 15) is 30.2 Å². The molecule has 0 saturated heterocycles. The number of oxime groups is 1. The molecule has 12 heteroatoms. The number of ether oxygens (including phenoxy) is 3. The summed E-state index contributed by atoms with van der Waals surface area (Å²) in [6.45, 7) is 16.3. The number of hydrogen-bond donors (Lipinski definition) is 3. The third-order valence-corrected chi connectivity index (χ3v) is 9.92. The van der Waals surface area contributed by atoms with Crippen molar-refractivity contribution >= 4 is 11.7 Å². The van der Waals surface area contributed by atoms with Gasteiger partial charge >= 0.3 is 5.97 Å². The van der Waals surface area contributed by atoms with Crippen LogP contribution in [-0.2, 0) is 23.8 Å². The van der Waals surface area contributed by atoms with Gasteiger partial charge in [-0.05, 0) is 45.8 Å². The summed E-state index contributed by atoms with van der Waals surface area (Å²) in [5.41, 5.74) is 1.88. The van der Waals surface area contributed by atoms with Crippen molar-refractivity contribution in [3.8, 4) is 0 Å². The lowest BCUT2D eigenvalue weighted by atomic mass is 9.78. The van der Waals surface area contributed by atoms with Gasteiger partial charge < -0.3 is 34.4 Å². The fourth-order valence-electron chi connectivity index (χ4n) is 6.77. The van der Waals surface area contributed by atoms with Gasteiger partial charge in [0.2, 0.25) is 11.8 Å². The van der Waals surface area contributed by atoms with Crippen LogP contribution in [0.4, 0.5) is 0 Å². The van der Waals surface area contributed by atoms with Crippen molar-refractivity contribution in [2.45, 2.75) is 112 Å². The summed E-state index contributed by atoms with van der Waals surface area (Å²) < 4.78 is 17.4. The number of rotatable bonds is 13. The standard InChI is InChI=1S/C40H64N2O10/c1-13-16-33(43)26(5)19-20-32(41-51-12)29(8)38(45)30(9)39-34(49-10)18-15-17-24(3)21-27(6)36(42(47)48)31(14-2)37(44)28(7)22-25(4)23-35(50-11)40(46)52-39/h13,15-20,22-23,26-31,33-34,36-39,43-45H,14,21H2,1-12H3/b16-13+,18-15+,20-19+,24-17+,25-22+,35-23-,41-32+. The third kappa shape index (κ3) is 13.8. The molecule has 1 aliphatic heterocycles. The van der Waals surface area contributed by atoms with Gasteiger partial charge in [-0.25, -0.2) is 4.79 Å². The zero-order chi connectivity index (χ0) is 39.7. The molecule has 0 spiro atoms. The molecule has 294 valence electrons. The Bertz CT molecular complexity index is 1350. The lowest BCUT2D eigenvalue weighted by molar-refractivity contribution is -0.544. The molecule has 3 N–H and O–H groups in total.